The maximum absolute atomic E-state index is 13.7. The fraction of sp³-hybridized carbons (Fsp3) is 0.419. The van der Waals surface area contributed by atoms with Gasteiger partial charge >= 0.3 is 17.8 Å². The van der Waals surface area contributed by atoms with Crippen molar-refractivity contribution in [2.75, 3.05) is 26.1 Å². The predicted octanol–water partition coefficient (Wildman–Crippen LogP) is 4.53. The lowest BCUT2D eigenvalue weighted by Gasteiger charge is -2.42. The van der Waals surface area contributed by atoms with Crippen molar-refractivity contribution in [3.63, 3.8) is 0 Å². The second-order valence-corrected chi connectivity index (χ2v) is 11.9. The number of nitrogens with one attached hydrogen (secondary N) is 1. The topological polar surface area (TPSA) is 124 Å². The number of aliphatic hydroxyl groups is 1. The number of H-pyrrole nitrogens is 1. The molecule has 0 unspecified atom stereocenters. The molecule has 1 aliphatic carbocycles. The number of esters is 1. The van der Waals surface area contributed by atoms with Crippen LogP contribution in [-0.2, 0) is 22.3 Å². The van der Waals surface area contributed by atoms with Crippen LogP contribution < -0.4 is 10.6 Å². The van der Waals surface area contributed by atoms with Crippen LogP contribution in [0.15, 0.2) is 58.5 Å². The Morgan fingerprint density at radius 1 is 1.18 bits per heavy atom. The molecule has 44 heavy (non-hydrogen) atoms. The molecule has 2 N–H and O–H groups in total. The number of hydrogen-bond donors (Lipinski definition) is 2. The van der Waals surface area contributed by atoms with E-state index < -0.39 is 29.4 Å². The highest BCUT2D eigenvalue weighted by molar-refractivity contribution is 5.93. The molecule has 13 heteroatoms. The van der Waals surface area contributed by atoms with Crippen LogP contribution in [0.5, 0.6) is 0 Å². The first-order chi connectivity index (χ1) is 20.8. The van der Waals surface area contributed by atoms with E-state index in [-0.39, 0.29) is 35.1 Å². The number of nitriles is 1. The SMILES string of the molecule is COC(=O)C1=C(C)N(c2cccc(C(F)(F)F)c2)c2n[nH]c(=O)n2[C@@H]1c1ccc(C#N)cc1C[N+](C)(C)C1CCC(O)CC1. The molecule has 1 aromatic heterocycles. The Kier molecular flexibility index (Phi) is 8.17. The summed E-state index contributed by atoms with van der Waals surface area (Å²) in [6.07, 6.45) is -1.95. The average molecular weight is 612 g/mol. The van der Waals surface area contributed by atoms with Crippen LogP contribution in [0.4, 0.5) is 24.8 Å². The van der Waals surface area contributed by atoms with E-state index in [4.69, 9.17) is 4.74 Å². The van der Waals surface area contributed by atoms with Gasteiger partial charge in [-0.05, 0) is 55.7 Å². The van der Waals surface area contributed by atoms with Gasteiger partial charge in [-0.3, -0.25) is 4.90 Å². The number of alkyl halides is 3. The summed E-state index contributed by atoms with van der Waals surface area (Å²) < 4.78 is 47.9. The van der Waals surface area contributed by atoms with E-state index in [1.54, 1.807) is 25.1 Å². The van der Waals surface area contributed by atoms with Gasteiger partial charge in [-0.15, -0.1) is 5.10 Å². The number of hydrogen-bond acceptors (Lipinski definition) is 7. The number of ether oxygens (including phenoxy) is 1. The van der Waals surface area contributed by atoms with Gasteiger partial charge in [-0.2, -0.15) is 18.4 Å². The largest absolute Gasteiger partial charge is 0.466 e. The maximum Gasteiger partial charge on any atom is 0.416 e. The highest BCUT2D eigenvalue weighted by Crippen LogP contribution is 2.44. The zero-order valence-corrected chi connectivity index (χ0v) is 24.9. The van der Waals surface area contributed by atoms with Gasteiger partial charge in [-0.1, -0.05) is 12.1 Å². The minimum atomic E-state index is -4.62. The Morgan fingerprint density at radius 2 is 1.89 bits per heavy atom. The van der Waals surface area contributed by atoms with Gasteiger partial charge in [-0.25, -0.2) is 19.3 Å². The second-order valence-electron chi connectivity index (χ2n) is 11.9. The van der Waals surface area contributed by atoms with Gasteiger partial charge in [0.05, 0.1) is 56.1 Å². The molecule has 2 aliphatic rings. The Balaban J connectivity index is 1.70. The van der Waals surface area contributed by atoms with Gasteiger partial charge in [0.15, 0.2) is 0 Å². The highest BCUT2D eigenvalue weighted by atomic mass is 19.4. The molecule has 0 spiro atoms. The maximum atomic E-state index is 13.7. The smallest absolute Gasteiger partial charge is 0.416 e. The molecule has 0 saturated heterocycles. The lowest BCUT2D eigenvalue weighted by atomic mass is 9.88. The zero-order chi connectivity index (χ0) is 32.0. The molecule has 0 radical (unpaired) electrons. The summed E-state index contributed by atoms with van der Waals surface area (Å²) in [6, 6.07) is 10.9. The summed E-state index contributed by atoms with van der Waals surface area (Å²) in [5, 5.41) is 26.4. The van der Waals surface area contributed by atoms with Crippen LogP contribution in [0.25, 0.3) is 0 Å². The Morgan fingerprint density at radius 3 is 2.52 bits per heavy atom. The van der Waals surface area contributed by atoms with E-state index in [0.29, 0.717) is 40.6 Å². The first-order valence-electron chi connectivity index (χ1n) is 14.2. The first-order valence-corrected chi connectivity index (χ1v) is 14.2. The lowest BCUT2D eigenvalue weighted by molar-refractivity contribution is -0.929. The third-order valence-electron chi connectivity index (χ3n) is 8.78. The van der Waals surface area contributed by atoms with Crippen molar-refractivity contribution in [2.24, 2.45) is 0 Å². The van der Waals surface area contributed by atoms with Gasteiger partial charge < -0.3 is 14.3 Å². The highest BCUT2D eigenvalue weighted by Gasteiger charge is 2.42. The van der Waals surface area contributed by atoms with Gasteiger partial charge in [0, 0.05) is 29.8 Å². The summed E-state index contributed by atoms with van der Waals surface area (Å²) >= 11 is 0. The fourth-order valence-electron chi connectivity index (χ4n) is 6.48. The van der Waals surface area contributed by atoms with Crippen LogP contribution in [0.2, 0.25) is 0 Å². The molecule has 10 nitrogen and oxygen atoms in total. The Labute approximate surface area is 252 Å². The molecular weight excluding hydrogens is 577 g/mol. The molecule has 3 aromatic rings. The minimum absolute atomic E-state index is 0.00481. The van der Waals surface area contributed by atoms with Crippen LogP contribution in [0, 0.1) is 11.3 Å². The molecule has 1 aliphatic heterocycles. The summed E-state index contributed by atoms with van der Waals surface area (Å²) in [5.74, 6) is -0.775. The van der Waals surface area contributed by atoms with Gasteiger partial charge in [0.1, 0.15) is 12.6 Å². The second kappa shape index (κ2) is 11.6. The zero-order valence-electron chi connectivity index (χ0n) is 24.9. The summed E-state index contributed by atoms with van der Waals surface area (Å²) in [6.45, 7) is 2.01. The summed E-state index contributed by atoms with van der Waals surface area (Å²) in [7, 11) is 5.33. The van der Waals surface area contributed by atoms with Crippen molar-refractivity contribution in [3.8, 4) is 6.07 Å². The number of aromatic nitrogens is 3. The van der Waals surface area contributed by atoms with E-state index in [9.17, 15) is 33.1 Å². The monoisotopic (exact) mass is 611 g/mol. The number of carbonyl (C=O) groups is 1. The standard InChI is InChI=1S/C31H33F3N6O4/c1-18-26(28(42)44-4)27(39-29(36-37-30(39)43)38(18)22-7-5-6-21(15-22)31(32,33)34)25-13-8-19(16-35)14-20(25)17-40(2,3)23-9-11-24(41)12-10-23/h5-8,13-15,23-24,27,41H,9-12,17H2,1-4H3/p+1/t23?,24?,27-/m1/s1. The number of fused-ring (bicyclic) bond motifs is 1. The van der Waals surface area contributed by atoms with Gasteiger partial charge in [0.25, 0.3) is 0 Å². The minimum Gasteiger partial charge on any atom is -0.466 e. The molecule has 0 bridgehead atoms. The molecule has 2 heterocycles. The Hall–Kier alpha value is -4.41. The van der Waals surface area contributed by atoms with E-state index in [0.717, 1.165) is 25.0 Å². The first kappa shape index (κ1) is 31.0. The summed E-state index contributed by atoms with van der Waals surface area (Å²) in [4.78, 5) is 28.2. The molecule has 5 rings (SSSR count). The average Bonchev–Trinajstić information content (AvgIpc) is 3.36. The van der Waals surface area contributed by atoms with Crippen molar-refractivity contribution in [2.45, 2.75) is 63.5 Å². The van der Waals surface area contributed by atoms with Crippen LogP contribution in [0.1, 0.15) is 60.9 Å². The number of quaternary nitrogens is 1. The third kappa shape index (κ3) is 5.62. The van der Waals surface area contributed by atoms with Crippen molar-refractivity contribution in [1.29, 1.82) is 5.26 Å². The lowest BCUT2D eigenvalue weighted by Crippen LogP contribution is -2.50. The molecule has 232 valence electrons. The quantitative estimate of drug-likeness (QED) is 0.310. The number of nitrogens with zero attached hydrogens (tertiary/aromatic N) is 5. The van der Waals surface area contributed by atoms with Crippen molar-refractivity contribution in [1.82, 2.24) is 14.8 Å². The molecular formula is C31H34F3N6O4+. The van der Waals surface area contributed by atoms with Crippen molar-refractivity contribution >= 4 is 17.6 Å². The number of anilines is 2. The number of aliphatic hydroxyl groups excluding tert-OH is 1. The summed E-state index contributed by atoms with van der Waals surface area (Å²) in [5.41, 5.74) is 0.403. The predicted molar refractivity (Wildman–Crippen MR) is 155 cm³/mol. The normalized spacial score (nSPS) is 20.7. The molecule has 1 atom stereocenters. The van der Waals surface area contributed by atoms with Crippen LogP contribution in [-0.4, -0.2) is 63.7 Å². The number of benzene rings is 2. The molecule has 1 saturated carbocycles. The fourth-order valence-corrected chi connectivity index (χ4v) is 6.48. The van der Waals surface area contributed by atoms with E-state index in [2.05, 4.69) is 30.4 Å². The number of carbonyl (C=O) groups excluding carboxylic acids is 1. The number of halogens is 3. The van der Waals surface area contributed by atoms with Crippen molar-refractivity contribution < 1.29 is 32.3 Å². The third-order valence-corrected chi connectivity index (χ3v) is 8.78. The number of aromatic amines is 1. The molecule has 1 fully saturated rings. The molecule has 0 amide bonds. The number of rotatable bonds is 6. The van der Waals surface area contributed by atoms with Gasteiger partial charge in [0.2, 0.25) is 5.95 Å². The Bertz CT molecular complexity index is 1710. The van der Waals surface area contributed by atoms with E-state index >= 15 is 0 Å². The number of allylic oxidation sites excluding steroid dienone is 1. The van der Waals surface area contributed by atoms with Crippen LogP contribution >= 0.6 is 0 Å². The van der Waals surface area contributed by atoms with Crippen LogP contribution in [0.3, 0.4) is 0 Å². The van der Waals surface area contributed by atoms with E-state index in [1.807, 2.05) is 0 Å². The molecule has 2 aromatic carbocycles. The number of methoxy groups -OCH3 is 1. The van der Waals surface area contributed by atoms with Crippen molar-refractivity contribution in [3.05, 3.63) is 86.5 Å². The van der Waals surface area contributed by atoms with E-state index in [1.165, 1.54) is 28.7 Å².